The van der Waals surface area contributed by atoms with E-state index >= 15 is 0 Å². The average molecular weight is 243 g/mol. The van der Waals surface area contributed by atoms with Gasteiger partial charge in [-0.25, -0.2) is 13.1 Å². The zero-order valence-corrected chi connectivity index (χ0v) is 10.3. The Labute approximate surface area is 96.3 Å². The summed E-state index contributed by atoms with van der Waals surface area (Å²) in [6.07, 6.45) is 3.44. The first-order chi connectivity index (χ1) is 7.55. The van der Waals surface area contributed by atoms with Crippen molar-refractivity contribution in [2.24, 2.45) is 0 Å². The Morgan fingerprint density at radius 1 is 1.38 bits per heavy atom. The van der Waals surface area contributed by atoms with Crippen molar-refractivity contribution in [2.75, 3.05) is 19.3 Å². The van der Waals surface area contributed by atoms with E-state index in [1.807, 2.05) is 19.1 Å². The molecule has 5 nitrogen and oxygen atoms in total. The molecule has 0 aliphatic heterocycles. The third kappa shape index (κ3) is 4.26. The van der Waals surface area contributed by atoms with Crippen LogP contribution in [0.3, 0.4) is 0 Å². The lowest BCUT2D eigenvalue weighted by atomic mass is 10.1. The molecule has 0 saturated heterocycles. The number of hydrogen-bond donors (Lipinski definition) is 2. The van der Waals surface area contributed by atoms with E-state index in [1.54, 1.807) is 12.4 Å². The van der Waals surface area contributed by atoms with Crippen LogP contribution in [0.25, 0.3) is 0 Å². The van der Waals surface area contributed by atoms with Gasteiger partial charge >= 0.3 is 0 Å². The van der Waals surface area contributed by atoms with Crippen LogP contribution in [0.4, 0.5) is 0 Å². The topological polar surface area (TPSA) is 71.1 Å². The van der Waals surface area contributed by atoms with Crippen LogP contribution >= 0.6 is 0 Å². The average Bonchev–Trinajstić information content (AvgIpc) is 2.30. The molecule has 0 aromatic carbocycles. The van der Waals surface area contributed by atoms with Crippen molar-refractivity contribution < 1.29 is 8.42 Å². The summed E-state index contributed by atoms with van der Waals surface area (Å²) in [5, 5.41) is 3.14. The second-order valence-electron chi connectivity index (χ2n) is 3.48. The zero-order chi connectivity index (χ0) is 12.0. The summed E-state index contributed by atoms with van der Waals surface area (Å²) < 4.78 is 24.6. The molecule has 0 aliphatic rings. The summed E-state index contributed by atoms with van der Waals surface area (Å²) in [6, 6.07) is 3.93. The summed E-state index contributed by atoms with van der Waals surface area (Å²) in [4.78, 5) is 3.93. The Morgan fingerprint density at radius 3 is 2.56 bits per heavy atom. The van der Waals surface area contributed by atoms with Gasteiger partial charge in [-0.1, -0.05) is 0 Å². The molecule has 1 heterocycles. The van der Waals surface area contributed by atoms with Gasteiger partial charge in [0.25, 0.3) is 0 Å². The highest BCUT2D eigenvalue weighted by atomic mass is 32.2. The van der Waals surface area contributed by atoms with Crippen molar-refractivity contribution in [1.82, 2.24) is 15.0 Å². The van der Waals surface area contributed by atoms with Gasteiger partial charge in [-0.05, 0) is 31.7 Å². The van der Waals surface area contributed by atoms with Gasteiger partial charge in [-0.3, -0.25) is 4.98 Å². The molecule has 90 valence electrons. The van der Waals surface area contributed by atoms with Crippen molar-refractivity contribution in [2.45, 2.75) is 13.0 Å². The van der Waals surface area contributed by atoms with Gasteiger partial charge in [0.05, 0.1) is 5.75 Å². The molecule has 0 saturated carbocycles. The first kappa shape index (κ1) is 13.1. The molecule has 16 heavy (non-hydrogen) atoms. The van der Waals surface area contributed by atoms with Crippen LogP contribution in [0.5, 0.6) is 0 Å². The SMILES string of the molecule is CNS(=O)(=O)CCNC(C)c1ccncc1. The van der Waals surface area contributed by atoms with Gasteiger partial charge in [-0.2, -0.15) is 0 Å². The van der Waals surface area contributed by atoms with Crippen molar-refractivity contribution >= 4 is 10.0 Å². The van der Waals surface area contributed by atoms with Gasteiger partial charge in [0.15, 0.2) is 0 Å². The van der Waals surface area contributed by atoms with E-state index < -0.39 is 10.0 Å². The van der Waals surface area contributed by atoms with E-state index in [0.29, 0.717) is 6.54 Å². The Morgan fingerprint density at radius 2 is 2.00 bits per heavy atom. The number of nitrogens with one attached hydrogen (secondary N) is 2. The predicted octanol–water partition coefficient (Wildman–Crippen LogP) is 0.281. The Bertz CT molecular complexity index is 405. The third-order valence-corrected chi connectivity index (χ3v) is 3.70. The lowest BCUT2D eigenvalue weighted by molar-refractivity contribution is 0.567. The van der Waals surface area contributed by atoms with Gasteiger partial charge in [0, 0.05) is 25.0 Å². The summed E-state index contributed by atoms with van der Waals surface area (Å²) >= 11 is 0. The normalized spacial score (nSPS) is 13.6. The maximum atomic E-state index is 11.2. The largest absolute Gasteiger partial charge is 0.309 e. The lowest BCUT2D eigenvalue weighted by Crippen LogP contribution is -2.30. The molecule has 2 N–H and O–H groups in total. The van der Waals surface area contributed by atoms with Crippen LogP contribution in [0.2, 0.25) is 0 Å². The quantitative estimate of drug-likeness (QED) is 0.753. The number of nitrogens with zero attached hydrogens (tertiary/aromatic N) is 1. The van der Waals surface area contributed by atoms with Crippen molar-refractivity contribution in [1.29, 1.82) is 0 Å². The van der Waals surface area contributed by atoms with Crippen molar-refractivity contribution in [3.8, 4) is 0 Å². The Hall–Kier alpha value is -0.980. The first-order valence-electron chi connectivity index (χ1n) is 5.09. The molecular formula is C10H17N3O2S. The van der Waals surface area contributed by atoms with Gasteiger partial charge in [0.2, 0.25) is 10.0 Å². The standard InChI is InChI=1S/C10H17N3O2S/c1-9(10-3-5-12-6-4-10)13-7-8-16(14,15)11-2/h3-6,9,11,13H,7-8H2,1-2H3. The Balaban J connectivity index is 2.40. The van der Waals surface area contributed by atoms with E-state index in [0.717, 1.165) is 5.56 Å². The molecule has 1 rings (SSSR count). The molecule has 0 amide bonds. The number of aromatic nitrogens is 1. The molecule has 0 bridgehead atoms. The Kier molecular flexibility index (Phi) is 4.85. The van der Waals surface area contributed by atoms with Crippen LogP contribution in [0.15, 0.2) is 24.5 Å². The fourth-order valence-electron chi connectivity index (χ4n) is 1.28. The van der Waals surface area contributed by atoms with Gasteiger partial charge < -0.3 is 5.32 Å². The van der Waals surface area contributed by atoms with Crippen LogP contribution < -0.4 is 10.0 Å². The predicted molar refractivity (Wildman–Crippen MR) is 63.5 cm³/mol. The molecule has 0 aliphatic carbocycles. The minimum atomic E-state index is -3.12. The molecule has 0 spiro atoms. The summed E-state index contributed by atoms with van der Waals surface area (Å²) in [5.41, 5.74) is 1.09. The zero-order valence-electron chi connectivity index (χ0n) is 9.47. The van der Waals surface area contributed by atoms with E-state index in [-0.39, 0.29) is 11.8 Å². The molecule has 1 aromatic heterocycles. The highest BCUT2D eigenvalue weighted by Crippen LogP contribution is 2.09. The number of hydrogen-bond acceptors (Lipinski definition) is 4. The minimum absolute atomic E-state index is 0.0823. The highest BCUT2D eigenvalue weighted by molar-refractivity contribution is 7.89. The van der Waals surface area contributed by atoms with Gasteiger partial charge in [0.1, 0.15) is 0 Å². The fourth-order valence-corrected chi connectivity index (χ4v) is 1.87. The summed E-state index contributed by atoms with van der Waals surface area (Å²) in [7, 11) is -1.70. The highest BCUT2D eigenvalue weighted by Gasteiger charge is 2.08. The second-order valence-corrected chi connectivity index (χ2v) is 5.53. The van der Waals surface area contributed by atoms with Crippen molar-refractivity contribution in [3.05, 3.63) is 30.1 Å². The summed E-state index contributed by atoms with van der Waals surface area (Å²) in [5.74, 6) is 0.0823. The number of pyridine rings is 1. The summed E-state index contributed by atoms with van der Waals surface area (Å²) in [6.45, 7) is 2.41. The van der Waals surface area contributed by atoms with E-state index in [2.05, 4.69) is 15.0 Å². The van der Waals surface area contributed by atoms with Crippen LogP contribution in [0.1, 0.15) is 18.5 Å². The first-order valence-corrected chi connectivity index (χ1v) is 6.75. The molecule has 1 aromatic rings. The van der Waals surface area contributed by atoms with Crippen LogP contribution in [-0.2, 0) is 10.0 Å². The maximum Gasteiger partial charge on any atom is 0.212 e. The van der Waals surface area contributed by atoms with Crippen LogP contribution in [-0.4, -0.2) is 32.7 Å². The smallest absolute Gasteiger partial charge is 0.212 e. The third-order valence-electron chi connectivity index (χ3n) is 2.34. The molecule has 0 fully saturated rings. The van der Waals surface area contributed by atoms with Crippen molar-refractivity contribution in [3.63, 3.8) is 0 Å². The minimum Gasteiger partial charge on any atom is -0.309 e. The monoisotopic (exact) mass is 243 g/mol. The number of sulfonamides is 1. The molecule has 1 unspecified atom stereocenters. The van der Waals surface area contributed by atoms with E-state index in [4.69, 9.17) is 0 Å². The molecule has 1 atom stereocenters. The maximum absolute atomic E-state index is 11.2. The lowest BCUT2D eigenvalue weighted by Gasteiger charge is -2.13. The fraction of sp³-hybridized carbons (Fsp3) is 0.500. The van der Waals surface area contributed by atoms with E-state index in [9.17, 15) is 8.42 Å². The van der Waals surface area contributed by atoms with Crippen LogP contribution in [0, 0.1) is 0 Å². The molecule has 0 radical (unpaired) electrons. The van der Waals surface area contributed by atoms with E-state index in [1.165, 1.54) is 7.05 Å². The number of rotatable bonds is 6. The second kappa shape index (κ2) is 5.93. The molecule has 6 heteroatoms. The van der Waals surface area contributed by atoms with Gasteiger partial charge in [-0.15, -0.1) is 0 Å². The molecular weight excluding hydrogens is 226 g/mol.